The first-order valence-electron chi connectivity index (χ1n) is 6.34. The third kappa shape index (κ3) is 1.75. The molecular weight excluding hydrogens is 200 g/mol. The van der Waals surface area contributed by atoms with Gasteiger partial charge >= 0.3 is 0 Å². The molecule has 1 aromatic heterocycles. The molecule has 0 aromatic carbocycles. The number of fused-ring (bicyclic) bond motifs is 1. The van der Waals surface area contributed by atoms with E-state index in [0.29, 0.717) is 5.92 Å². The van der Waals surface area contributed by atoms with E-state index in [0.717, 1.165) is 31.3 Å². The quantitative estimate of drug-likeness (QED) is 0.715. The summed E-state index contributed by atoms with van der Waals surface area (Å²) in [5.41, 5.74) is 0. The lowest BCUT2D eigenvalue weighted by Gasteiger charge is -2.17. The fraction of sp³-hybridized carbons (Fsp3) is 0.833. The summed E-state index contributed by atoms with van der Waals surface area (Å²) >= 11 is 0. The zero-order valence-electron chi connectivity index (χ0n) is 10.2. The van der Waals surface area contributed by atoms with Crippen molar-refractivity contribution in [3.05, 3.63) is 11.6 Å². The minimum absolute atomic E-state index is 0.568. The van der Waals surface area contributed by atoms with Gasteiger partial charge < -0.3 is 4.90 Å². The van der Waals surface area contributed by atoms with Crippen LogP contribution in [0.1, 0.15) is 37.3 Å². The lowest BCUT2D eigenvalue weighted by atomic mass is 10.0. The number of likely N-dealkylation sites (tertiary alicyclic amines) is 1. The van der Waals surface area contributed by atoms with Crippen molar-refractivity contribution in [3.63, 3.8) is 0 Å². The molecule has 88 valence electrons. The van der Waals surface area contributed by atoms with Crippen molar-refractivity contribution in [2.24, 2.45) is 5.92 Å². The fourth-order valence-electron chi connectivity index (χ4n) is 2.81. The Morgan fingerprint density at radius 3 is 2.88 bits per heavy atom. The molecule has 3 heterocycles. The van der Waals surface area contributed by atoms with E-state index in [1.807, 2.05) is 0 Å². The number of aromatic nitrogens is 3. The highest BCUT2D eigenvalue weighted by atomic mass is 15.4. The normalized spacial score (nSPS) is 30.6. The molecule has 4 heteroatoms. The van der Waals surface area contributed by atoms with Crippen LogP contribution in [0.4, 0.5) is 0 Å². The van der Waals surface area contributed by atoms with Crippen molar-refractivity contribution in [2.45, 2.75) is 38.6 Å². The Labute approximate surface area is 96.7 Å². The summed E-state index contributed by atoms with van der Waals surface area (Å²) in [6.45, 7) is 5.67. The maximum absolute atomic E-state index is 4.73. The average molecular weight is 220 g/mol. The maximum Gasteiger partial charge on any atom is 0.155 e. The van der Waals surface area contributed by atoms with Crippen LogP contribution in [0.5, 0.6) is 0 Å². The van der Waals surface area contributed by atoms with Gasteiger partial charge in [-0.3, -0.25) is 0 Å². The lowest BCUT2D eigenvalue weighted by Crippen LogP contribution is -2.19. The Morgan fingerprint density at radius 2 is 2.12 bits per heavy atom. The molecule has 4 nitrogen and oxygen atoms in total. The van der Waals surface area contributed by atoms with E-state index in [4.69, 9.17) is 10.1 Å². The molecule has 16 heavy (non-hydrogen) atoms. The van der Waals surface area contributed by atoms with E-state index in [-0.39, 0.29) is 0 Å². The molecule has 1 saturated heterocycles. The molecule has 0 N–H and O–H groups in total. The largest absolute Gasteiger partial charge is 0.306 e. The summed E-state index contributed by atoms with van der Waals surface area (Å²) in [5.74, 6) is 3.63. The fourth-order valence-corrected chi connectivity index (χ4v) is 2.81. The number of nitrogens with zero attached hydrogens (tertiary/aromatic N) is 4. The minimum Gasteiger partial charge on any atom is -0.306 e. The van der Waals surface area contributed by atoms with Gasteiger partial charge in [0.05, 0.1) is 0 Å². The zero-order valence-corrected chi connectivity index (χ0v) is 10.2. The highest BCUT2D eigenvalue weighted by Gasteiger charge is 2.27. The molecule has 0 spiro atoms. The van der Waals surface area contributed by atoms with Gasteiger partial charge in [0, 0.05) is 25.4 Å². The average Bonchev–Trinajstić information content (AvgIpc) is 2.83. The summed E-state index contributed by atoms with van der Waals surface area (Å²) < 4.78 is 2.14. The first kappa shape index (κ1) is 10.3. The van der Waals surface area contributed by atoms with E-state index in [9.17, 15) is 0 Å². The molecule has 0 bridgehead atoms. The van der Waals surface area contributed by atoms with E-state index in [1.165, 1.54) is 25.2 Å². The van der Waals surface area contributed by atoms with Gasteiger partial charge in [-0.05, 0) is 32.4 Å². The zero-order chi connectivity index (χ0) is 11.1. The van der Waals surface area contributed by atoms with Gasteiger partial charge in [0.2, 0.25) is 0 Å². The van der Waals surface area contributed by atoms with Gasteiger partial charge in [0.25, 0.3) is 0 Å². The third-order valence-electron chi connectivity index (χ3n) is 3.87. The summed E-state index contributed by atoms with van der Waals surface area (Å²) in [5, 5.41) is 4.70. The van der Waals surface area contributed by atoms with Crippen LogP contribution in [-0.2, 0) is 13.0 Å². The Bertz CT molecular complexity index is 384. The van der Waals surface area contributed by atoms with Crippen LogP contribution in [0.2, 0.25) is 0 Å². The van der Waals surface area contributed by atoms with Crippen LogP contribution in [0.3, 0.4) is 0 Å². The molecule has 2 atom stereocenters. The highest BCUT2D eigenvalue weighted by molar-refractivity contribution is 5.04. The monoisotopic (exact) mass is 220 g/mol. The van der Waals surface area contributed by atoms with Gasteiger partial charge in [-0.2, -0.15) is 5.10 Å². The minimum atomic E-state index is 0.568. The van der Waals surface area contributed by atoms with Crippen molar-refractivity contribution in [1.29, 1.82) is 0 Å². The summed E-state index contributed by atoms with van der Waals surface area (Å²) in [4.78, 5) is 7.10. The van der Waals surface area contributed by atoms with Crippen molar-refractivity contribution in [1.82, 2.24) is 19.7 Å². The van der Waals surface area contributed by atoms with Gasteiger partial charge in [-0.1, -0.05) is 6.92 Å². The van der Waals surface area contributed by atoms with Gasteiger partial charge in [0.15, 0.2) is 5.82 Å². The number of rotatable bonds is 1. The van der Waals surface area contributed by atoms with Crippen LogP contribution in [0.25, 0.3) is 0 Å². The molecule has 0 radical (unpaired) electrons. The smallest absolute Gasteiger partial charge is 0.155 e. The predicted octanol–water partition coefficient (Wildman–Crippen LogP) is 1.28. The molecular formula is C12H20N4. The number of hydrogen-bond acceptors (Lipinski definition) is 3. The molecule has 2 aliphatic heterocycles. The van der Waals surface area contributed by atoms with Crippen LogP contribution in [0, 0.1) is 5.92 Å². The number of aryl methyl sites for hydroxylation is 1. The topological polar surface area (TPSA) is 34.0 Å². The van der Waals surface area contributed by atoms with Gasteiger partial charge in [0.1, 0.15) is 5.82 Å². The second kappa shape index (κ2) is 3.84. The Hall–Kier alpha value is -0.900. The lowest BCUT2D eigenvalue weighted by molar-refractivity contribution is 0.366. The third-order valence-corrected chi connectivity index (χ3v) is 3.87. The Kier molecular flexibility index (Phi) is 2.46. The second-order valence-electron chi connectivity index (χ2n) is 5.46. The second-order valence-corrected chi connectivity index (χ2v) is 5.46. The van der Waals surface area contributed by atoms with Gasteiger partial charge in [-0.15, -0.1) is 0 Å². The van der Waals surface area contributed by atoms with Crippen LogP contribution < -0.4 is 0 Å². The molecule has 0 aliphatic carbocycles. The van der Waals surface area contributed by atoms with Crippen LogP contribution in [-0.4, -0.2) is 39.8 Å². The van der Waals surface area contributed by atoms with Gasteiger partial charge in [-0.25, -0.2) is 9.67 Å². The van der Waals surface area contributed by atoms with Crippen LogP contribution >= 0.6 is 0 Å². The summed E-state index contributed by atoms with van der Waals surface area (Å²) in [6, 6.07) is 0. The Morgan fingerprint density at radius 1 is 1.25 bits per heavy atom. The highest BCUT2D eigenvalue weighted by Crippen LogP contribution is 2.26. The molecule has 3 rings (SSSR count). The number of hydrogen-bond donors (Lipinski definition) is 0. The van der Waals surface area contributed by atoms with Crippen LogP contribution in [0.15, 0.2) is 0 Å². The molecule has 0 saturated carbocycles. The predicted molar refractivity (Wildman–Crippen MR) is 62.4 cm³/mol. The molecule has 0 amide bonds. The molecule has 1 aromatic rings. The standard InChI is InChI=1S/C12H20N4/c1-9-3-4-11-13-12(14-16(11)7-9)10-5-6-15(2)8-10/h9-10H,3-8H2,1-2H3. The van der Waals surface area contributed by atoms with E-state index in [2.05, 4.69) is 23.6 Å². The first-order chi connectivity index (χ1) is 7.72. The molecule has 2 aliphatic rings. The van der Waals surface area contributed by atoms with E-state index >= 15 is 0 Å². The Balaban J connectivity index is 1.82. The summed E-state index contributed by atoms with van der Waals surface area (Å²) in [6.07, 6.45) is 3.59. The maximum atomic E-state index is 4.73. The van der Waals surface area contributed by atoms with Crippen molar-refractivity contribution in [3.8, 4) is 0 Å². The molecule has 2 unspecified atom stereocenters. The van der Waals surface area contributed by atoms with Crippen molar-refractivity contribution in [2.75, 3.05) is 20.1 Å². The molecule has 1 fully saturated rings. The number of likely N-dealkylation sites (N-methyl/N-ethyl adjacent to an activating group) is 1. The first-order valence-corrected chi connectivity index (χ1v) is 6.34. The van der Waals surface area contributed by atoms with E-state index in [1.54, 1.807) is 0 Å². The van der Waals surface area contributed by atoms with Crippen molar-refractivity contribution >= 4 is 0 Å². The SMILES string of the molecule is CC1CCc2nc(C3CCN(C)C3)nn2C1. The van der Waals surface area contributed by atoms with E-state index < -0.39 is 0 Å². The van der Waals surface area contributed by atoms with Crippen molar-refractivity contribution < 1.29 is 0 Å². The summed E-state index contributed by atoms with van der Waals surface area (Å²) in [7, 11) is 2.18.